The van der Waals surface area contributed by atoms with Crippen molar-refractivity contribution >= 4 is 50.5 Å². The first-order chi connectivity index (χ1) is 12.6. The summed E-state index contributed by atoms with van der Waals surface area (Å²) in [7, 11) is -3.71. The molecular weight excluding hydrogens is 407 g/mol. The average molecular weight is 429 g/mol. The first kappa shape index (κ1) is 21.5. The van der Waals surface area contributed by atoms with Crippen molar-refractivity contribution in [2.45, 2.75) is 33.2 Å². The van der Waals surface area contributed by atoms with Crippen LogP contribution < -0.4 is 9.62 Å². The van der Waals surface area contributed by atoms with E-state index < -0.39 is 22.0 Å². The second-order valence-electron chi connectivity index (χ2n) is 6.34. The molecule has 0 aromatic heterocycles. The molecule has 1 unspecified atom stereocenters. The van der Waals surface area contributed by atoms with E-state index in [-0.39, 0.29) is 22.2 Å². The number of para-hydroxylation sites is 1. The van der Waals surface area contributed by atoms with Gasteiger partial charge in [-0.1, -0.05) is 42.3 Å². The standard InChI is InChI=1S/C19H22Cl2N2O3S/c1-5-17(19(24)22-18-15(20)7-6-8-16(18)21)23(27(4,25)26)14-10-9-12(2)13(3)11-14/h6-11,17H,5H2,1-4H3,(H,22,24). The van der Waals surface area contributed by atoms with E-state index in [0.29, 0.717) is 5.69 Å². The maximum Gasteiger partial charge on any atom is 0.248 e. The number of rotatable bonds is 6. The van der Waals surface area contributed by atoms with Gasteiger partial charge in [0.2, 0.25) is 15.9 Å². The predicted molar refractivity (Wildman–Crippen MR) is 112 cm³/mol. The Morgan fingerprint density at radius 3 is 2.19 bits per heavy atom. The Bertz CT molecular complexity index is 941. The van der Waals surface area contributed by atoms with Crippen LogP contribution in [0, 0.1) is 13.8 Å². The van der Waals surface area contributed by atoms with E-state index in [1.54, 1.807) is 37.3 Å². The van der Waals surface area contributed by atoms with Gasteiger partial charge in [0.15, 0.2) is 0 Å². The van der Waals surface area contributed by atoms with Gasteiger partial charge in [-0.15, -0.1) is 0 Å². The number of nitrogens with zero attached hydrogens (tertiary/aromatic N) is 1. The Kier molecular flexibility index (Phi) is 6.78. The summed E-state index contributed by atoms with van der Waals surface area (Å²) in [5, 5.41) is 3.23. The number of sulfonamides is 1. The molecule has 0 fully saturated rings. The maximum absolute atomic E-state index is 12.9. The molecule has 0 radical (unpaired) electrons. The Morgan fingerprint density at radius 1 is 1.11 bits per heavy atom. The molecule has 5 nitrogen and oxygen atoms in total. The van der Waals surface area contributed by atoms with Crippen molar-refractivity contribution in [1.82, 2.24) is 0 Å². The van der Waals surface area contributed by atoms with Crippen molar-refractivity contribution in [2.24, 2.45) is 0 Å². The highest BCUT2D eigenvalue weighted by atomic mass is 35.5. The molecule has 0 aliphatic heterocycles. The summed E-state index contributed by atoms with van der Waals surface area (Å²) in [6.07, 6.45) is 1.36. The van der Waals surface area contributed by atoms with E-state index in [4.69, 9.17) is 23.2 Å². The summed E-state index contributed by atoms with van der Waals surface area (Å²) in [5.41, 5.74) is 2.67. The first-order valence-electron chi connectivity index (χ1n) is 8.37. The fourth-order valence-electron chi connectivity index (χ4n) is 2.75. The zero-order chi connectivity index (χ0) is 20.4. The molecule has 2 aromatic carbocycles. The van der Waals surface area contributed by atoms with Gasteiger partial charge < -0.3 is 5.32 Å². The SMILES string of the molecule is CCC(C(=O)Nc1c(Cl)cccc1Cl)N(c1ccc(C)c(C)c1)S(C)(=O)=O. The van der Waals surface area contributed by atoms with Gasteiger partial charge in [-0.2, -0.15) is 0 Å². The van der Waals surface area contributed by atoms with E-state index in [9.17, 15) is 13.2 Å². The third kappa shape index (κ3) is 4.94. The fraction of sp³-hybridized carbons (Fsp3) is 0.316. The number of carbonyl (C=O) groups is 1. The minimum atomic E-state index is -3.71. The Morgan fingerprint density at radius 2 is 1.70 bits per heavy atom. The van der Waals surface area contributed by atoms with Crippen LogP contribution in [0.25, 0.3) is 0 Å². The lowest BCUT2D eigenvalue weighted by molar-refractivity contribution is -0.117. The molecule has 0 aliphatic carbocycles. The third-order valence-electron chi connectivity index (χ3n) is 4.29. The van der Waals surface area contributed by atoms with Gasteiger partial charge in [-0.25, -0.2) is 8.42 Å². The monoisotopic (exact) mass is 428 g/mol. The lowest BCUT2D eigenvalue weighted by Crippen LogP contribution is -2.47. The summed E-state index contributed by atoms with van der Waals surface area (Å²) in [4.78, 5) is 12.9. The van der Waals surface area contributed by atoms with Crippen molar-refractivity contribution in [1.29, 1.82) is 0 Å². The van der Waals surface area contributed by atoms with Crippen LogP contribution in [0.1, 0.15) is 24.5 Å². The van der Waals surface area contributed by atoms with E-state index >= 15 is 0 Å². The van der Waals surface area contributed by atoms with Crippen LogP contribution in [-0.2, 0) is 14.8 Å². The molecule has 2 aromatic rings. The maximum atomic E-state index is 12.9. The molecule has 1 atom stereocenters. The van der Waals surface area contributed by atoms with Crippen LogP contribution in [-0.4, -0.2) is 26.6 Å². The van der Waals surface area contributed by atoms with Gasteiger partial charge in [-0.3, -0.25) is 9.10 Å². The van der Waals surface area contributed by atoms with Crippen LogP contribution >= 0.6 is 23.2 Å². The topological polar surface area (TPSA) is 66.5 Å². The minimum absolute atomic E-state index is 0.262. The lowest BCUT2D eigenvalue weighted by atomic mass is 10.1. The molecule has 146 valence electrons. The Hall–Kier alpha value is -1.76. The number of amides is 1. The van der Waals surface area contributed by atoms with Crippen molar-refractivity contribution in [3.8, 4) is 0 Å². The molecule has 1 N–H and O–H groups in total. The quantitative estimate of drug-likeness (QED) is 0.718. The number of hydrogen-bond donors (Lipinski definition) is 1. The van der Waals surface area contributed by atoms with Gasteiger partial charge >= 0.3 is 0 Å². The number of carbonyl (C=O) groups excluding carboxylic acids is 1. The van der Waals surface area contributed by atoms with Crippen LogP contribution in [0.2, 0.25) is 10.0 Å². The first-order valence-corrected chi connectivity index (χ1v) is 11.0. The second kappa shape index (κ2) is 8.50. The van der Waals surface area contributed by atoms with Crippen molar-refractivity contribution in [3.63, 3.8) is 0 Å². The van der Waals surface area contributed by atoms with Crippen LogP contribution in [0.15, 0.2) is 36.4 Å². The number of benzene rings is 2. The molecule has 0 bridgehead atoms. The number of aryl methyl sites for hydroxylation is 2. The van der Waals surface area contributed by atoms with E-state index in [0.717, 1.165) is 21.7 Å². The van der Waals surface area contributed by atoms with Crippen molar-refractivity contribution in [2.75, 3.05) is 15.9 Å². The van der Waals surface area contributed by atoms with Crippen molar-refractivity contribution < 1.29 is 13.2 Å². The second-order valence-corrected chi connectivity index (χ2v) is 9.01. The highest BCUT2D eigenvalue weighted by molar-refractivity contribution is 7.92. The Balaban J connectivity index is 2.46. The van der Waals surface area contributed by atoms with Gasteiger partial charge in [-0.05, 0) is 55.7 Å². The van der Waals surface area contributed by atoms with Gasteiger partial charge in [0.05, 0.1) is 27.7 Å². The molecule has 2 rings (SSSR count). The summed E-state index contributed by atoms with van der Waals surface area (Å²) in [6.45, 7) is 5.58. The molecular formula is C19H22Cl2N2O3S. The number of nitrogens with one attached hydrogen (secondary N) is 1. The molecule has 0 heterocycles. The lowest BCUT2D eigenvalue weighted by Gasteiger charge is -2.30. The summed E-state index contributed by atoms with van der Waals surface area (Å²) >= 11 is 12.2. The third-order valence-corrected chi connectivity index (χ3v) is 6.10. The summed E-state index contributed by atoms with van der Waals surface area (Å²) < 4.78 is 26.2. The zero-order valence-corrected chi connectivity index (χ0v) is 17.9. The Labute approximate surface area is 170 Å². The normalized spacial score (nSPS) is 12.5. The summed E-state index contributed by atoms with van der Waals surface area (Å²) in [5.74, 6) is -0.504. The fourth-order valence-corrected chi connectivity index (χ4v) is 4.44. The number of hydrogen-bond acceptors (Lipinski definition) is 3. The number of anilines is 2. The largest absolute Gasteiger partial charge is 0.322 e. The molecule has 1 amide bonds. The van der Waals surface area contributed by atoms with Gasteiger partial charge in [0.25, 0.3) is 0 Å². The highest BCUT2D eigenvalue weighted by Crippen LogP contribution is 2.31. The van der Waals surface area contributed by atoms with Crippen LogP contribution in [0.5, 0.6) is 0 Å². The molecule has 27 heavy (non-hydrogen) atoms. The molecule has 0 spiro atoms. The van der Waals surface area contributed by atoms with Gasteiger partial charge in [0, 0.05) is 0 Å². The molecule has 0 saturated carbocycles. The predicted octanol–water partition coefficient (Wildman–Crippen LogP) is 4.79. The smallest absolute Gasteiger partial charge is 0.248 e. The number of halogens is 2. The van der Waals surface area contributed by atoms with Gasteiger partial charge in [0.1, 0.15) is 6.04 Å². The average Bonchev–Trinajstić information content (AvgIpc) is 2.57. The van der Waals surface area contributed by atoms with Crippen LogP contribution in [0.3, 0.4) is 0 Å². The summed E-state index contributed by atoms with van der Waals surface area (Å²) in [6, 6.07) is 9.20. The van der Waals surface area contributed by atoms with E-state index in [1.807, 2.05) is 19.9 Å². The van der Waals surface area contributed by atoms with Crippen molar-refractivity contribution in [3.05, 3.63) is 57.6 Å². The molecule has 0 aliphatic rings. The highest BCUT2D eigenvalue weighted by Gasteiger charge is 2.32. The van der Waals surface area contributed by atoms with E-state index in [1.165, 1.54) is 0 Å². The minimum Gasteiger partial charge on any atom is -0.322 e. The van der Waals surface area contributed by atoms with E-state index in [2.05, 4.69) is 5.32 Å². The van der Waals surface area contributed by atoms with Crippen LogP contribution in [0.4, 0.5) is 11.4 Å². The molecule has 8 heteroatoms. The zero-order valence-electron chi connectivity index (χ0n) is 15.6. The molecule has 0 saturated heterocycles.